The minimum Gasteiger partial charge on any atom is -0.356 e. The summed E-state index contributed by atoms with van der Waals surface area (Å²) < 4.78 is 0. The van der Waals surface area contributed by atoms with Gasteiger partial charge in [-0.2, -0.15) is 11.8 Å². The van der Waals surface area contributed by atoms with Gasteiger partial charge in [0.25, 0.3) is 11.8 Å². The molecule has 5 N–H and O–H groups in total. The molecule has 7 amide bonds. The Kier molecular flexibility index (Phi) is 17.4. The molecule has 0 saturated carbocycles. The number of amides is 7. The number of hydrogen-bond donors (Lipinski definition) is 5. The van der Waals surface area contributed by atoms with E-state index in [0.717, 1.165) is 63.5 Å². The lowest BCUT2D eigenvalue weighted by atomic mass is 10.0. The molecule has 0 bridgehead atoms. The van der Waals surface area contributed by atoms with Crippen molar-refractivity contribution in [2.75, 3.05) is 25.4 Å². The predicted molar refractivity (Wildman–Crippen MR) is 176 cm³/mol. The smallest absolute Gasteiger partial charge is 0.333 e. The molecule has 0 radical (unpaired) electrons. The van der Waals surface area contributed by atoms with E-state index in [0.29, 0.717) is 68.5 Å². The fourth-order valence-corrected chi connectivity index (χ4v) is 7.32. The highest BCUT2D eigenvalue weighted by atomic mass is 32.2. The monoisotopic (exact) mass is 680 g/mol. The molecular weight excluding hydrogens is 628 g/mol. The Bertz CT molecular complexity index is 1080. The number of urea groups is 1. The lowest BCUT2D eigenvalue weighted by molar-refractivity contribution is -0.197. The number of carbonyl (C=O) groups is 7. The minimum absolute atomic E-state index is 0.0218. The van der Waals surface area contributed by atoms with Crippen LogP contribution in [0.3, 0.4) is 0 Å². The third-order valence-electron chi connectivity index (χ3n) is 8.46. The van der Waals surface area contributed by atoms with Crippen LogP contribution in [-0.2, 0) is 33.6 Å². The Hall–Kier alpha value is -3.36. The van der Waals surface area contributed by atoms with Crippen LogP contribution in [0.1, 0.15) is 116 Å². The van der Waals surface area contributed by atoms with Crippen LogP contribution >= 0.6 is 11.8 Å². The number of hydroxylamine groups is 2. The Balaban J connectivity index is 1.02. The number of hydrogen-bond acceptors (Lipinski definition) is 9. The Morgan fingerprint density at radius 1 is 0.660 bits per heavy atom. The van der Waals surface area contributed by atoms with Gasteiger partial charge in [0.15, 0.2) is 0 Å². The first-order valence-electron chi connectivity index (χ1n) is 17.3. The second-order valence-electron chi connectivity index (χ2n) is 12.4. The van der Waals surface area contributed by atoms with Crippen molar-refractivity contribution in [2.45, 2.75) is 133 Å². The summed E-state index contributed by atoms with van der Waals surface area (Å²) in [6, 6.07) is 0.379. The quantitative estimate of drug-likeness (QED) is 0.0578. The molecule has 0 spiro atoms. The molecule has 3 atom stereocenters. The number of rotatable bonds is 24. The fourth-order valence-electron chi connectivity index (χ4n) is 5.77. The number of fused-ring (bicyclic) bond motifs is 1. The maximum Gasteiger partial charge on any atom is 0.333 e. The average molecular weight is 681 g/mol. The molecule has 3 aliphatic heterocycles. The van der Waals surface area contributed by atoms with Crippen LogP contribution in [0.25, 0.3) is 0 Å². The number of unbranched alkanes of at least 4 members (excludes halogenated alkanes) is 7. The third-order valence-corrected chi connectivity index (χ3v) is 9.97. The van der Waals surface area contributed by atoms with Crippen molar-refractivity contribution in [3.63, 3.8) is 0 Å². The largest absolute Gasteiger partial charge is 0.356 e. The first-order valence-corrected chi connectivity index (χ1v) is 18.3. The molecule has 3 aliphatic rings. The molecule has 3 saturated heterocycles. The van der Waals surface area contributed by atoms with Crippen molar-refractivity contribution in [1.29, 1.82) is 0 Å². The van der Waals surface area contributed by atoms with Crippen LogP contribution in [0.5, 0.6) is 0 Å². The van der Waals surface area contributed by atoms with Gasteiger partial charge in [-0.05, 0) is 51.4 Å². The van der Waals surface area contributed by atoms with Crippen LogP contribution in [0.2, 0.25) is 0 Å². The van der Waals surface area contributed by atoms with E-state index in [9.17, 15) is 33.6 Å². The van der Waals surface area contributed by atoms with E-state index in [-0.39, 0.29) is 55.1 Å². The number of imide groups is 1. The zero-order chi connectivity index (χ0) is 33.9. The van der Waals surface area contributed by atoms with Gasteiger partial charge in [-0.25, -0.2) is 9.59 Å². The molecule has 3 fully saturated rings. The molecule has 0 aromatic carbocycles. The second-order valence-corrected chi connectivity index (χ2v) is 13.7. The van der Waals surface area contributed by atoms with Gasteiger partial charge in [-0.15, -0.1) is 5.06 Å². The summed E-state index contributed by atoms with van der Waals surface area (Å²) >= 11 is 1.89. The van der Waals surface area contributed by atoms with Gasteiger partial charge in [0.05, 0.1) is 12.1 Å². The van der Waals surface area contributed by atoms with Crippen LogP contribution in [-0.4, -0.2) is 89.3 Å². The number of carbonyl (C=O) groups excluding carboxylic acids is 7. The standard InChI is InChI=1S/C32H52N6O8S/c39-25(13-5-2-10-20-35-27(41)15-8-7-12-24-31-23(22-47-24)36-32(45)37-31)33-19-9-1-4-14-26(40)34-21-11-3-6-16-30(44)46-38-28(42)17-18-29(38)43/h23-24,31H,1-22H2,(H,33,39)(H,34,40)(H,35,41)(H2,36,37,45)/t23-,24-,31-/m0/s1. The van der Waals surface area contributed by atoms with Crippen molar-refractivity contribution in [3.05, 3.63) is 0 Å². The Morgan fingerprint density at radius 3 is 1.68 bits per heavy atom. The summed E-state index contributed by atoms with van der Waals surface area (Å²) in [5, 5.41) is 15.7. The molecule has 47 heavy (non-hydrogen) atoms. The molecule has 14 nitrogen and oxygen atoms in total. The highest BCUT2D eigenvalue weighted by Gasteiger charge is 2.42. The normalized spacial score (nSPS) is 20.0. The summed E-state index contributed by atoms with van der Waals surface area (Å²) in [5.74, 6) is -0.568. The highest BCUT2D eigenvalue weighted by molar-refractivity contribution is 8.00. The summed E-state index contributed by atoms with van der Waals surface area (Å²) in [7, 11) is 0. The van der Waals surface area contributed by atoms with Gasteiger partial charge < -0.3 is 31.4 Å². The van der Waals surface area contributed by atoms with Crippen molar-refractivity contribution >= 4 is 53.3 Å². The summed E-state index contributed by atoms with van der Waals surface area (Å²) in [6.07, 6.45) is 11.3. The predicted octanol–water partition coefficient (Wildman–Crippen LogP) is 2.35. The van der Waals surface area contributed by atoms with Crippen LogP contribution in [0.15, 0.2) is 0 Å². The lowest BCUT2D eigenvalue weighted by Gasteiger charge is -2.16. The van der Waals surface area contributed by atoms with Gasteiger partial charge in [0, 0.05) is 69.2 Å². The molecule has 264 valence electrons. The average Bonchev–Trinajstić information content (AvgIpc) is 3.70. The first-order chi connectivity index (χ1) is 22.7. The van der Waals surface area contributed by atoms with Gasteiger partial charge in [-0.1, -0.05) is 25.7 Å². The zero-order valence-corrected chi connectivity index (χ0v) is 28.2. The van der Waals surface area contributed by atoms with Crippen LogP contribution < -0.4 is 26.6 Å². The highest BCUT2D eigenvalue weighted by Crippen LogP contribution is 2.33. The molecule has 3 heterocycles. The van der Waals surface area contributed by atoms with Gasteiger partial charge in [0.1, 0.15) is 0 Å². The SMILES string of the molecule is O=C(CCCCCNC(=O)CCCCCNC(=O)CCCC[C@@H]1SC[C@@H]2NC(=O)N[C@@H]21)NCCCCCC(=O)ON1C(=O)CCC1=O. The molecule has 3 rings (SSSR count). The Labute approximate surface area is 281 Å². The van der Waals surface area contributed by atoms with Crippen LogP contribution in [0, 0.1) is 0 Å². The topological polar surface area (TPSA) is 192 Å². The number of thioether (sulfide) groups is 1. The molecule has 15 heteroatoms. The molecule has 0 aromatic rings. The van der Waals surface area contributed by atoms with Crippen molar-refractivity contribution < 1.29 is 38.4 Å². The van der Waals surface area contributed by atoms with Gasteiger partial charge >= 0.3 is 12.0 Å². The second kappa shape index (κ2) is 21.5. The van der Waals surface area contributed by atoms with E-state index in [1.165, 1.54) is 0 Å². The minimum atomic E-state index is -0.609. The molecule has 0 aliphatic carbocycles. The van der Waals surface area contributed by atoms with E-state index in [4.69, 9.17) is 4.84 Å². The van der Waals surface area contributed by atoms with Crippen molar-refractivity contribution in [2.24, 2.45) is 0 Å². The van der Waals surface area contributed by atoms with Crippen molar-refractivity contribution in [3.8, 4) is 0 Å². The van der Waals surface area contributed by atoms with E-state index < -0.39 is 17.8 Å². The van der Waals surface area contributed by atoms with Crippen LogP contribution in [0.4, 0.5) is 4.79 Å². The maximum atomic E-state index is 12.1. The molecule has 0 aromatic heterocycles. The first kappa shape index (κ1) is 38.1. The molecular formula is C32H52N6O8S. The summed E-state index contributed by atoms with van der Waals surface area (Å²) in [6.45, 7) is 1.73. The Morgan fingerprint density at radius 2 is 1.15 bits per heavy atom. The van der Waals surface area contributed by atoms with Gasteiger partial charge in [-0.3, -0.25) is 24.0 Å². The van der Waals surface area contributed by atoms with E-state index in [1.54, 1.807) is 0 Å². The number of nitrogens with one attached hydrogen (secondary N) is 5. The third kappa shape index (κ3) is 14.9. The van der Waals surface area contributed by atoms with Crippen molar-refractivity contribution in [1.82, 2.24) is 31.6 Å². The summed E-state index contributed by atoms with van der Waals surface area (Å²) in [5.41, 5.74) is 0. The maximum absolute atomic E-state index is 12.1. The van der Waals surface area contributed by atoms with E-state index >= 15 is 0 Å². The zero-order valence-electron chi connectivity index (χ0n) is 27.4. The number of nitrogens with zero attached hydrogens (tertiary/aromatic N) is 1. The van der Waals surface area contributed by atoms with Gasteiger partial charge in [0.2, 0.25) is 17.7 Å². The summed E-state index contributed by atoms with van der Waals surface area (Å²) in [4.78, 5) is 87.1. The van der Waals surface area contributed by atoms with E-state index in [1.807, 2.05) is 11.8 Å². The lowest BCUT2D eigenvalue weighted by Crippen LogP contribution is -2.36. The van der Waals surface area contributed by atoms with E-state index in [2.05, 4.69) is 26.6 Å². The fraction of sp³-hybridized carbons (Fsp3) is 0.781. The molecule has 0 unspecified atom stereocenters.